The van der Waals surface area contributed by atoms with Gasteiger partial charge in [0.15, 0.2) is 0 Å². The Kier molecular flexibility index (Phi) is 6.43. The van der Waals surface area contributed by atoms with Crippen LogP contribution in [-0.4, -0.2) is 71.4 Å². The number of likely N-dealkylation sites (N-methyl/N-ethyl adjacent to an activating group) is 1. The number of likely N-dealkylation sites (tertiary alicyclic amines) is 1. The fourth-order valence-corrected chi connectivity index (χ4v) is 4.06. The van der Waals surface area contributed by atoms with Gasteiger partial charge in [-0.15, -0.1) is 6.42 Å². The van der Waals surface area contributed by atoms with E-state index in [9.17, 15) is 9.59 Å². The summed E-state index contributed by atoms with van der Waals surface area (Å²) in [7, 11) is 2.06. The number of pyridine rings is 1. The zero-order valence-electron chi connectivity index (χ0n) is 15.7. The van der Waals surface area contributed by atoms with Crippen molar-refractivity contribution in [1.29, 1.82) is 0 Å². The van der Waals surface area contributed by atoms with Gasteiger partial charge in [-0.3, -0.25) is 24.4 Å². The smallest absolute Gasteiger partial charge is 0.239 e. The van der Waals surface area contributed by atoms with Crippen LogP contribution in [-0.2, 0) is 16.1 Å². The van der Waals surface area contributed by atoms with Gasteiger partial charge in [-0.25, -0.2) is 0 Å². The van der Waals surface area contributed by atoms with Crippen LogP contribution in [0.15, 0.2) is 24.4 Å². The summed E-state index contributed by atoms with van der Waals surface area (Å²) in [6, 6.07) is 5.95. The number of carbonyl (C=O) groups is 2. The molecule has 2 aliphatic heterocycles. The SMILES string of the molecule is C#CCNC(=O)CC[C@H]1CNC(=O)[C@@H]2[C@@H](CCN2Cc2ccccn2)N1C. The molecule has 0 aliphatic carbocycles. The zero-order chi connectivity index (χ0) is 19.2. The Bertz CT molecular complexity index is 702. The molecule has 2 fully saturated rings. The molecule has 2 N–H and O–H groups in total. The average molecular weight is 369 g/mol. The number of hydrogen-bond donors (Lipinski definition) is 2. The summed E-state index contributed by atoms with van der Waals surface area (Å²) in [5, 5.41) is 5.77. The zero-order valence-corrected chi connectivity index (χ0v) is 15.7. The Morgan fingerprint density at radius 1 is 1.48 bits per heavy atom. The fourth-order valence-electron chi connectivity index (χ4n) is 4.06. The first-order chi connectivity index (χ1) is 13.1. The molecule has 0 bridgehead atoms. The van der Waals surface area contributed by atoms with Gasteiger partial charge in [0.05, 0.1) is 12.2 Å². The minimum atomic E-state index is -0.183. The van der Waals surface area contributed by atoms with Crippen LogP contribution in [0.25, 0.3) is 0 Å². The van der Waals surface area contributed by atoms with Gasteiger partial charge in [0.25, 0.3) is 0 Å². The van der Waals surface area contributed by atoms with Crippen LogP contribution in [0.3, 0.4) is 0 Å². The standard InChI is InChI=1S/C20H27N5O2/c1-3-10-22-18(26)8-7-16-13-23-20(27)19-17(24(16)2)9-12-25(19)14-15-6-4-5-11-21-15/h1,4-6,11,16-17,19H,7-10,12-14H2,2H3,(H,22,26)(H,23,27)/t16-,17+,19-/m0/s1. The van der Waals surface area contributed by atoms with Crippen molar-refractivity contribution in [3.63, 3.8) is 0 Å². The predicted molar refractivity (Wildman–Crippen MR) is 102 cm³/mol. The maximum Gasteiger partial charge on any atom is 0.239 e. The van der Waals surface area contributed by atoms with Crippen LogP contribution >= 0.6 is 0 Å². The van der Waals surface area contributed by atoms with Crippen molar-refractivity contribution in [3.05, 3.63) is 30.1 Å². The Hall–Kier alpha value is -2.43. The lowest BCUT2D eigenvalue weighted by Crippen LogP contribution is -2.49. The highest BCUT2D eigenvalue weighted by Crippen LogP contribution is 2.28. The van der Waals surface area contributed by atoms with Crippen molar-refractivity contribution in [2.45, 2.75) is 43.9 Å². The number of terminal acetylenes is 1. The first-order valence-corrected chi connectivity index (χ1v) is 9.44. The van der Waals surface area contributed by atoms with E-state index < -0.39 is 0 Å². The average Bonchev–Trinajstić information content (AvgIpc) is 3.05. The topological polar surface area (TPSA) is 77.6 Å². The molecule has 3 atom stereocenters. The molecule has 2 saturated heterocycles. The summed E-state index contributed by atoms with van der Waals surface area (Å²) in [5.74, 6) is 2.43. The molecule has 3 rings (SSSR count). The van der Waals surface area contributed by atoms with E-state index in [4.69, 9.17) is 6.42 Å². The fraction of sp³-hybridized carbons (Fsp3) is 0.550. The van der Waals surface area contributed by atoms with Gasteiger partial charge in [-0.05, 0) is 32.0 Å². The van der Waals surface area contributed by atoms with E-state index in [2.05, 4.69) is 38.4 Å². The van der Waals surface area contributed by atoms with Gasteiger partial charge in [0, 0.05) is 44.3 Å². The minimum absolute atomic E-state index is 0.0447. The molecule has 3 heterocycles. The normalized spacial score (nSPS) is 25.9. The van der Waals surface area contributed by atoms with E-state index in [-0.39, 0.29) is 36.5 Å². The number of aromatic nitrogens is 1. The molecule has 2 amide bonds. The molecule has 7 nitrogen and oxygen atoms in total. The summed E-state index contributed by atoms with van der Waals surface area (Å²) in [6.45, 7) is 2.34. The van der Waals surface area contributed by atoms with Crippen molar-refractivity contribution >= 4 is 11.8 Å². The molecular weight excluding hydrogens is 342 g/mol. The van der Waals surface area contributed by atoms with Crippen molar-refractivity contribution < 1.29 is 9.59 Å². The molecule has 7 heteroatoms. The number of hydrogen-bond acceptors (Lipinski definition) is 5. The number of amides is 2. The summed E-state index contributed by atoms with van der Waals surface area (Å²) in [4.78, 5) is 33.5. The van der Waals surface area contributed by atoms with Crippen molar-refractivity contribution in [2.75, 3.05) is 26.7 Å². The molecule has 1 aromatic rings. The number of carbonyl (C=O) groups excluding carboxylic acids is 2. The molecule has 0 spiro atoms. The largest absolute Gasteiger partial charge is 0.353 e. The van der Waals surface area contributed by atoms with Gasteiger partial charge in [0.1, 0.15) is 6.04 Å². The first-order valence-electron chi connectivity index (χ1n) is 9.44. The molecule has 0 saturated carbocycles. The van der Waals surface area contributed by atoms with E-state index in [1.807, 2.05) is 18.2 Å². The molecule has 144 valence electrons. The third-order valence-electron chi connectivity index (χ3n) is 5.53. The van der Waals surface area contributed by atoms with Crippen molar-refractivity contribution in [3.8, 4) is 12.3 Å². The maximum atomic E-state index is 12.8. The summed E-state index contributed by atoms with van der Waals surface area (Å²) in [6.07, 6.45) is 8.98. The summed E-state index contributed by atoms with van der Waals surface area (Å²) >= 11 is 0. The Morgan fingerprint density at radius 3 is 3.07 bits per heavy atom. The number of rotatable bonds is 6. The third-order valence-corrected chi connectivity index (χ3v) is 5.53. The Labute approximate surface area is 160 Å². The van der Waals surface area contributed by atoms with E-state index >= 15 is 0 Å². The number of nitrogens with one attached hydrogen (secondary N) is 2. The van der Waals surface area contributed by atoms with Crippen molar-refractivity contribution in [2.24, 2.45) is 0 Å². The third kappa shape index (κ3) is 4.65. The summed E-state index contributed by atoms with van der Waals surface area (Å²) < 4.78 is 0. The number of fused-ring (bicyclic) bond motifs is 1. The van der Waals surface area contributed by atoms with Crippen LogP contribution in [0.4, 0.5) is 0 Å². The second-order valence-corrected chi connectivity index (χ2v) is 7.18. The second kappa shape index (κ2) is 8.98. The number of nitrogens with zero attached hydrogens (tertiary/aromatic N) is 3. The van der Waals surface area contributed by atoms with Gasteiger partial charge in [-0.1, -0.05) is 12.0 Å². The van der Waals surface area contributed by atoms with E-state index in [1.54, 1.807) is 6.20 Å². The lowest BCUT2D eigenvalue weighted by molar-refractivity contribution is -0.126. The van der Waals surface area contributed by atoms with Gasteiger partial charge >= 0.3 is 0 Å². The van der Waals surface area contributed by atoms with Crippen LogP contribution in [0.2, 0.25) is 0 Å². The van der Waals surface area contributed by atoms with Gasteiger partial charge < -0.3 is 10.6 Å². The van der Waals surface area contributed by atoms with Crippen LogP contribution in [0.1, 0.15) is 25.0 Å². The van der Waals surface area contributed by atoms with Crippen LogP contribution in [0, 0.1) is 12.3 Å². The highest BCUT2D eigenvalue weighted by atomic mass is 16.2. The predicted octanol–water partition coefficient (Wildman–Crippen LogP) is -0.0157. The molecule has 0 radical (unpaired) electrons. The second-order valence-electron chi connectivity index (χ2n) is 7.18. The molecular formula is C20H27N5O2. The molecule has 0 unspecified atom stereocenters. The monoisotopic (exact) mass is 369 g/mol. The summed E-state index contributed by atoms with van der Waals surface area (Å²) in [5.41, 5.74) is 0.972. The molecule has 1 aromatic heterocycles. The lowest BCUT2D eigenvalue weighted by atomic mass is 10.0. The first kappa shape index (κ1) is 19.3. The van der Waals surface area contributed by atoms with E-state index in [0.717, 1.165) is 18.7 Å². The lowest BCUT2D eigenvalue weighted by Gasteiger charge is -2.33. The van der Waals surface area contributed by atoms with E-state index in [0.29, 0.717) is 25.9 Å². The van der Waals surface area contributed by atoms with E-state index in [1.165, 1.54) is 0 Å². The van der Waals surface area contributed by atoms with Crippen molar-refractivity contribution in [1.82, 2.24) is 25.4 Å². The highest BCUT2D eigenvalue weighted by molar-refractivity contribution is 5.83. The molecule has 27 heavy (non-hydrogen) atoms. The van der Waals surface area contributed by atoms with Crippen LogP contribution in [0.5, 0.6) is 0 Å². The quantitative estimate of drug-likeness (QED) is 0.690. The highest BCUT2D eigenvalue weighted by Gasteiger charge is 2.44. The van der Waals surface area contributed by atoms with Gasteiger partial charge in [-0.2, -0.15) is 0 Å². The Morgan fingerprint density at radius 2 is 2.33 bits per heavy atom. The maximum absolute atomic E-state index is 12.8. The van der Waals surface area contributed by atoms with Gasteiger partial charge in [0.2, 0.25) is 11.8 Å². The minimum Gasteiger partial charge on any atom is -0.353 e. The molecule has 2 aliphatic rings. The van der Waals surface area contributed by atoms with Crippen LogP contribution < -0.4 is 10.6 Å². The molecule has 0 aromatic carbocycles. The Balaban J connectivity index is 1.63.